The fraction of sp³-hybridized carbons (Fsp3) is 0.364. The summed E-state index contributed by atoms with van der Waals surface area (Å²) in [7, 11) is 3.97. The van der Waals surface area contributed by atoms with Crippen LogP contribution < -0.4 is 14.8 Å². The second kappa shape index (κ2) is 8.35. The molecule has 5 rings (SSSR count). The van der Waals surface area contributed by atoms with Gasteiger partial charge in [-0.05, 0) is 25.1 Å². The highest BCUT2D eigenvalue weighted by atomic mass is 16.5. The number of nitrogens with zero attached hydrogens (tertiary/aromatic N) is 6. The maximum atomic E-state index is 6.19. The highest BCUT2D eigenvalue weighted by Gasteiger charge is 2.18. The van der Waals surface area contributed by atoms with Gasteiger partial charge in [-0.25, -0.2) is 19.6 Å². The lowest BCUT2D eigenvalue weighted by atomic mass is 10.0. The molecule has 0 radical (unpaired) electrons. The van der Waals surface area contributed by atoms with Crippen molar-refractivity contribution in [2.24, 2.45) is 7.05 Å². The number of nitrogens with one attached hydrogen (secondary N) is 1. The van der Waals surface area contributed by atoms with E-state index in [1.165, 1.54) is 5.57 Å². The molecule has 5 heterocycles. The van der Waals surface area contributed by atoms with E-state index in [0.29, 0.717) is 36.6 Å². The highest BCUT2D eigenvalue weighted by molar-refractivity contribution is 5.73. The number of anilines is 2. The van der Waals surface area contributed by atoms with Crippen molar-refractivity contribution in [2.75, 3.05) is 38.7 Å². The molecule has 0 amide bonds. The summed E-state index contributed by atoms with van der Waals surface area (Å²) in [6.07, 6.45) is 9.28. The molecular weight excluding hydrogens is 394 g/mol. The molecule has 0 atom stereocenters. The lowest BCUT2D eigenvalue weighted by molar-refractivity contribution is 0.236. The van der Waals surface area contributed by atoms with E-state index in [-0.39, 0.29) is 0 Å². The van der Waals surface area contributed by atoms with Crippen molar-refractivity contribution < 1.29 is 9.47 Å². The van der Waals surface area contributed by atoms with Crippen molar-refractivity contribution in [3.05, 3.63) is 42.4 Å². The van der Waals surface area contributed by atoms with Crippen LogP contribution in [0.3, 0.4) is 0 Å². The molecule has 31 heavy (non-hydrogen) atoms. The molecule has 0 aromatic carbocycles. The van der Waals surface area contributed by atoms with Gasteiger partial charge in [0.25, 0.3) is 0 Å². The Labute approximate surface area is 180 Å². The zero-order valence-electron chi connectivity index (χ0n) is 17.7. The monoisotopic (exact) mass is 419 g/mol. The van der Waals surface area contributed by atoms with Crippen molar-refractivity contribution in [3.63, 3.8) is 0 Å². The molecule has 3 aromatic heterocycles. The summed E-state index contributed by atoms with van der Waals surface area (Å²) in [4.78, 5) is 16.0. The minimum atomic E-state index is 0.505. The van der Waals surface area contributed by atoms with Crippen LogP contribution in [0.25, 0.3) is 17.0 Å². The Kier molecular flexibility index (Phi) is 5.25. The maximum absolute atomic E-state index is 6.19. The van der Waals surface area contributed by atoms with Crippen LogP contribution >= 0.6 is 0 Å². The van der Waals surface area contributed by atoms with Gasteiger partial charge in [0.15, 0.2) is 5.82 Å². The van der Waals surface area contributed by atoms with Gasteiger partial charge in [-0.1, -0.05) is 6.08 Å². The van der Waals surface area contributed by atoms with E-state index in [9.17, 15) is 0 Å². The van der Waals surface area contributed by atoms with Gasteiger partial charge >= 0.3 is 0 Å². The first kappa shape index (κ1) is 19.5. The summed E-state index contributed by atoms with van der Waals surface area (Å²) in [5, 5.41) is 7.58. The normalized spacial score (nSPS) is 16.8. The van der Waals surface area contributed by atoms with E-state index < -0.39 is 0 Å². The molecule has 0 unspecified atom stereocenters. The standard InChI is InChI=1S/C22H25N7O2/c1-28-8-5-15(6-9-28)16-13-24-20-12-18(16)30-10-3-11-31-22-17(14-25-29(22)2)21-23-7-4-19(26-20)27-21/h4-5,7,12-14H,3,6,8-11H2,1-2H3,(H,23,24,26,27). The average Bonchev–Trinajstić information content (AvgIpc) is 3.14. The van der Waals surface area contributed by atoms with Crippen molar-refractivity contribution in [1.82, 2.24) is 29.6 Å². The quantitative estimate of drug-likeness (QED) is 0.644. The van der Waals surface area contributed by atoms with Gasteiger partial charge in [0.1, 0.15) is 22.9 Å². The predicted molar refractivity (Wildman–Crippen MR) is 117 cm³/mol. The van der Waals surface area contributed by atoms with Gasteiger partial charge < -0.3 is 19.7 Å². The molecule has 2 aliphatic rings. The van der Waals surface area contributed by atoms with Gasteiger partial charge in [0.05, 0.1) is 19.4 Å². The minimum absolute atomic E-state index is 0.505. The van der Waals surface area contributed by atoms with Crippen LogP contribution in [0.2, 0.25) is 0 Å². The number of aromatic nitrogens is 5. The molecule has 9 nitrogen and oxygen atoms in total. The van der Waals surface area contributed by atoms with E-state index in [4.69, 9.17) is 9.47 Å². The van der Waals surface area contributed by atoms with E-state index in [2.05, 4.69) is 43.4 Å². The second-order valence-corrected chi connectivity index (χ2v) is 7.74. The maximum Gasteiger partial charge on any atom is 0.222 e. The third kappa shape index (κ3) is 4.09. The zero-order chi connectivity index (χ0) is 21.2. The van der Waals surface area contributed by atoms with E-state index in [0.717, 1.165) is 42.8 Å². The molecule has 0 fully saturated rings. The number of hydrogen-bond donors (Lipinski definition) is 1. The van der Waals surface area contributed by atoms with Gasteiger partial charge in [0, 0.05) is 50.6 Å². The molecule has 0 spiro atoms. The summed E-state index contributed by atoms with van der Waals surface area (Å²) in [5.41, 5.74) is 3.07. The Morgan fingerprint density at radius 2 is 1.94 bits per heavy atom. The lowest BCUT2D eigenvalue weighted by Crippen LogP contribution is -2.23. The topological polar surface area (TPSA) is 90.2 Å². The van der Waals surface area contributed by atoms with E-state index in [1.54, 1.807) is 17.1 Å². The van der Waals surface area contributed by atoms with Gasteiger partial charge in [-0.15, -0.1) is 0 Å². The third-order valence-corrected chi connectivity index (χ3v) is 5.45. The predicted octanol–water partition coefficient (Wildman–Crippen LogP) is 2.90. The summed E-state index contributed by atoms with van der Waals surface area (Å²) in [5.74, 6) is 3.33. The molecule has 3 aromatic rings. The van der Waals surface area contributed by atoms with Crippen LogP contribution in [0.5, 0.6) is 11.6 Å². The fourth-order valence-electron chi connectivity index (χ4n) is 3.73. The molecule has 4 bridgehead atoms. The Bertz CT molecular complexity index is 1120. The number of rotatable bonds is 1. The van der Waals surface area contributed by atoms with Gasteiger partial charge in [-0.2, -0.15) is 5.10 Å². The van der Waals surface area contributed by atoms with Crippen molar-refractivity contribution in [3.8, 4) is 23.0 Å². The SMILES string of the molecule is CN1CC=C(c2cnc3cc2OCCCOc2c(cnn2C)-c2nccc(n2)N3)CC1. The Hall–Kier alpha value is -3.46. The van der Waals surface area contributed by atoms with Crippen LogP contribution in [0.4, 0.5) is 11.6 Å². The molecule has 9 heteroatoms. The average molecular weight is 419 g/mol. The van der Waals surface area contributed by atoms with E-state index in [1.807, 2.05) is 25.4 Å². The zero-order valence-corrected chi connectivity index (χ0v) is 17.7. The van der Waals surface area contributed by atoms with Crippen LogP contribution in [0.15, 0.2) is 36.8 Å². The molecule has 0 saturated heterocycles. The fourth-order valence-corrected chi connectivity index (χ4v) is 3.73. The molecule has 2 aliphatic heterocycles. The first-order valence-electron chi connectivity index (χ1n) is 10.4. The smallest absolute Gasteiger partial charge is 0.222 e. The molecule has 160 valence electrons. The Balaban J connectivity index is 1.51. The summed E-state index contributed by atoms with van der Waals surface area (Å²) < 4.78 is 13.9. The third-order valence-electron chi connectivity index (χ3n) is 5.45. The number of aryl methyl sites for hydroxylation is 1. The molecule has 1 N–H and O–H groups in total. The molecule has 0 saturated carbocycles. The number of hydrogen-bond acceptors (Lipinski definition) is 8. The number of pyridine rings is 1. The number of likely N-dealkylation sites (N-methyl/N-ethyl adjacent to an activating group) is 1. The van der Waals surface area contributed by atoms with Gasteiger partial charge in [0.2, 0.25) is 5.88 Å². The molecular formula is C22H25N7O2. The second-order valence-electron chi connectivity index (χ2n) is 7.74. The number of fused-ring (bicyclic) bond motifs is 6. The van der Waals surface area contributed by atoms with Gasteiger partial charge in [-0.3, -0.25) is 0 Å². The minimum Gasteiger partial charge on any atom is -0.493 e. The summed E-state index contributed by atoms with van der Waals surface area (Å²) in [6.45, 7) is 3.00. The van der Waals surface area contributed by atoms with Crippen LogP contribution in [-0.4, -0.2) is 63.0 Å². The summed E-state index contributed by atoms with van der Waals surface area (Å²) in [6, 6.07) is 3.75. The lowest BCUT2D eigenvalue weighted by Gasteiger charge is -2.23. The van der Waals surface area contributed by atoms with Crippen LogP contribution in [-0.2, 0) is 7.05 Å². The first-order chi connectivity index (χ1) is 15.2. The van der Waals surface area contributed by atoms with E-state index >= 15 is 0 Å². The molecule has 0 aliphatic carbocycles. The Morgan fingerprint density at radius 3 is 2.81 bits per heavy atom. The summed E-state index contributed by atoms with van der Waals surface area (Å²) >= 11 is 0. The van der Waals surface area contributed by atoms with Crippen LogP contribution in [0.1, 0.15) is 18.4 Å². The Morgan fingerprint density at radius 1 is 1.03 bits per heavy atom. The van der Waals surface area contributed by atoms with Crippen molar-refractivity contribution in [1.29, 1.82) is 0 Å². The van der Waals surface area contributed by atoms with Crippen LogP contribution in [0, 0.1) is 0 Å². The van der Waals surface area contributed by atoms with Crippen molar-refractivity contribution in [2.45, 2.75) is 12.8 Å². The highest BCUT2D eigenvalue weighted by Crippen LogP contribution is 2.33. The van der Waals surface area contributed by atoms with Crippen molar-refractivity contribution >= 4 is 17.2 Å². The first-order valence-corrected chi connectivity index (χ1v) is 10.4. The largest absolute Gasteiger partial charge is 0.493 e. The number of ether oxygens (including phenoxy) is 2.